The molecule has 2 saturated carbocycles. The van der Waals surface area contributed by atoms with E-state index >= 15 is 0 Å². The quantitative estimate of drug-likeness (QED) is 0.207. The van der Waals surface area contributed by atoms with Crippen molar-refractivity contribution >= 4 is 10.8 Å². The lowest BCUT2D eigenvalue weighted by molar-refractivity contribution is 0.498. The van der Waals surface area contributed by atoms with Crippen LogP contribution < -0.4 is 10.6 Å². The van der Waals surface area contributed by atoms with Crippen LogP contribution in [0.1, 0.15) is 50.4 Å². The first kappa shape index (κ1) is 23.0. The first-order chi connectivity index (χ1) is 19.6. The third-order valence-electron chi connectivity index (χ3n) is 10.5. The summed E-state index contributed by atoms with van der Waals surface area (Å²) in [5, 5.41) is 9.99. The van der Waals surface area contributed by atoms with Gasteiger partial charge in [-0.3, -0.25) is 0 Å². The van der Waals surface area contributed by atoms with E-state index in [1.807, 2.05) is 12.4 Å². The number of benzene rings is 3. The summed E-state index contributed by atoms with van der Waals surface area (Å²) in [6.07, 6.45) is 6.36. The fourth-order valence-electron chi connectivity index (χ4n) is 7.83. The molecule has 3 aromatic carbocycles. The van der Waals surface area contributed by atoms with Crippen LogP contribution in [-0.4, -0.2) is 32.0 Å². The van der Waals surface area contributed by atoms with Gasteiger partial charge in [-0.1, -0.05) is 74.5 Å². The summed E-state index contributed by atoms with van der Waals surface area (Å²) in [5.74, 6) is 5.42. The number of hydrogen-bond donors (Lipinski definition) is 4. The molecule has 2 saturated heterocycles. The van der Waals surface area contributed by atoms with Crippen molar-refractivity contribution in [2.24, 2.45) is 23.7 Å². The van der Waals surface area contributed by atoms with E-state index < -0.39 is 0 Å². The summed E-state index contributed by atoms with van der Waals surface area (Å²) < 4.78 is 0. The Morgan fingerprint density at radius 1 is 0.600 bits per heavy atom. The predicted molar refractivity (Wildman–Crippen MR) is 158 cm³/mol. The second-order valence-electron chi connectivity index (χ2n) is 12.7. The zero-order valence-corrected chi connectivity index (χ0v) is 22.9. The second-order valence-corrected chi connectivity index (χ2v) is 12.7. The summed E-state index contributed by atoms with van der Waals surface area (Å²) in [6.45, 7) is 4.69. The molecule has 8 atom stereocenters. The number of aromatic amines is 2. The van der Waals surface area contributed by atoms with Gasteiger partial charge < -0.3 is 20.6 Å². The first-order valence-corrected chi connectivity index (χ1v) is 14.9. The van der Waals surface area contributed by atoms with Gasteiger partial charge in [0, 0.05) is 17.6 Å². The smallest absolute Gasteiger partial charge is 0.123 e. The van der Waals surface area contributed by atoms with Crippen LogP contribution in [-0.2, 0) is 0 Å². The summed E-state index contributed by atoms with van der Waals surface area (Å²) in [7, 11) is 0. The number of nitrogens with one attached hydrogen (secondary N) is 4. The molecular formula is C34H34N6. The highest BCUT2D eigenvalue weighted by Gasteiger charge is 2.54. The lowest BCUT2D eigenvalue weighted by atomic mass is 9.94. The van der Waals surface area contributed by atoms with Gasteiger partial charge in [-0.2, -0.15) is 0 Å². The van der Waals surface area contributed by atoms with Crippen LogP contribution in [0.5, 0.6) is 0 Å². The molecule has 0 spiro atoms. The van der Waals surface area contributed by atoms with Gasteiger partial charge in [0.25, 0.3) is 0 Å². The number of fused-ring (bicyclic) bond motifs is 3. The zero-order valence-electron chi connectivity index (χ0n) is 22.9. The molecule has 6 nitrogen and oxygen atoms in total. The van der Waals surface area contributed by atoms with E-state index in [1.54, 1.807) is 0 Å². The van der Waals surface area contributed by atoms with Crippen LogP contribution in [0.15, 0.2) is 73.1 Å². The van der Waals surface area contributed by atoms with Gasteiger partial charge in [-0.15, -0.1) is 0 Å². The number of hydrogen-bond acceptors (Lipinski definition) is 4. The predicted octanol–water partition coefficient (Wildman–Crippen LogP) is 6.62. The summed E-state index contributed by atoms with van der Waals surface area (Å²) in [5.41, 5.74) is 6.98. The SMILES string of the molecule is C[C@@H]1[C@@H]2C[C@@H](c3ncc(-c4ccc(-c5cccc6c(-c7cnc([C@@H]8C[C@H]9[C@@H](C)[C@H]9N8)[nH]7)cccc56)cc4)[nH]3)N[C@H]12. The van der Waals surface area contributed by atoms with E-state index in [0.717, 1.165) is 52.3 Å². The van der Waals surface area contributed by atoms with Crippen LogP contribution in [0.3, 0.4) is 0 Å². The molecule has 4 heterocycles. The van der Waals surface area contributed by atoms with Crippen molar-refractivity contribution < 1.29 is 0 Å². The normalized spacial score (nSPS) is 31.9. The van der Waals surface area contributed by atoms with Crippen molar-refractivity contribution in [3.8, 4) is 33.6 Å². The highest BCUT2D eigenvalue weighted by Crippen LogP contribution is 2.51. The van der Waals surface area contributed by atoms with Crippen molar-refractivity contribution in [1.82, 2.24) is 30.6 Å². The van der Waals surface area contributed by atoms with Crippen molar-refractivity contribution in [2.45, 2.75) is 50.9 Å². The molecule has 40 heavy (non-hydrogen) atoms. The minimum atomic E-state index is 0.346. The Hall–Kier alpha value is -3.74. The lowest BCUT2D eigenvalue weighted by Gasteiger charge is -2.12. The van der Waals surface area contributed by atoms with Crippen molar-refractivity contribution in [2.75, 3.05) is 0 Å². The van der Waals surface area contributed by atoms with Crippen molar-refractivity contribution in [3.05, 3.63) is 84.7 Å². The fourth-order valence-corrected chi connectivity index (χ4v) is 7.83. The Kier molecular flexibility index (Phi) is 4.82. The number of rotatable bonds is 5. The summed E-state index contributed by atoms with van der Waals surface area (Å²) >= 11 is 0. The molecule has 0 bridgehead atoms. The average Bonchev–Trinajstić information content (AvgIpc) is 3.55. The van der Waals surface area contributed by atoms with Crippen LogP contribution in [0, 0.1) is 23.7 Å². The lowest BCUT2D eigenvalue weighted by Crippen LogP contribution is -2.21. The van der Waals surface area contributed by atoms with E-state index in [9.17, 15) is 0 Å². The molecule has 6 heteroatoms. The minimum absolute atomic E-state index is 0.346. The third kappa shape index (κ3) is 3.49. The van der Waals surface area contributed by atoms with Gasteiger partial charge in [0.15, 0.2) is 0 Å². The Morgan fingerprint density at radius 2 is 1.12 bits per heavy atom. The standard InChI is InChI=1S/C34H34N6/c1-17-25-13-27(37-31(17)25)33-35-15-29(39-33)20-11-9-19(10-12-20)21-5-3-7-23-22(21)6-4-8-24(23)30-16-36-34(40-30)28-14-26-18(2)32(26)38-28/h3-12,15-18,25-28,31-32,37-38H,13-14H2,1-2H3,(H,35,39)(H,36,40)/t17-,18-,25+,26+,27+,28+,31-,32-/m1/s1. The van der Waals surface area contributed by atoms with Gasteiger partial charge in [-0.25, -0.2) is 9.97 Å². The molecule has 5 aromatic rings. The topological polar surface area (TPSA) is 81.4 Å². The Bertz CT molecular complexity index is 1720. The number of piperidine rings is 2. The number of aromatic nitrogens is 4. The maximum Gasteiger partial charge on any atom is 0.123 e. The van der Waals surface area contributed by atoms with Crippen molar-refractivity contribution in [3.63, 3.8) is 0 Å². The molecule has 4 N–H and O–H groups in total. The highest BCUT2D eigenvalue weighted by atomic mass is 15.1. The molecule has 2 aromatic heterocycles. The van der Waals surface area contributed by atoms with Gasteiger partial charge >= 0.3 is 0 Å². The molecule has 2 aliphatic carbocycles. The fraction of sp³-hybridized carbons (Fsp3) is 0.353. The highest BCUT2D eigenvalue weighted by molar-refractivity contribution is 6.04. The molecular weight excluding hydrogens is 492 g/mol. The molecule has 0 unspecified atom stereocenters. The molecule has 4 fully saturated rings. The monoisotopic (exact) mass is 526 g/mol. The van der Waals surface area contributed by atoms with Crippen LogP contribution in [0.4, 0.5) is 0 Å². The second kappa shape index (κ2) is 8.38. The van der Waals surface area contributed by atoms with E-state index in [-0.39, 0.29) is 0 Å². The van der Waals surface area contributed by atoms with E-state index in [2.05, 4.69) is 95.1 Å². The number of nitrogens with zero attached hydrogens (tertiary/aromatic N) is 2. The van der Waals surface area contributed by atoms with Crippen molar-refractivity contribution in [1.29, 1.82) is 0 Å². The van der Waals surface area contributed by atoms with Gasteiger partial charge in [0.05, 0.1) is 35.9 Å². The maximum atomic E-state index is 4.79. The maximum absolute atomic E-state index is 4.79. The molecule has 9 rings (SSSR count). The molecule has 0 radical (unpaired) electrons. The van der Waals surface area contributed by atoms with Crippen LogP contribution in [0.2, 0.25) is 0 Å². The van der Waals surface area contributed by atoms with Crippen LogP contribution in [0.25, 0.3) is 44.4 Å². The average molecular weight is 527 g/mol. The van der Waals surface area contributed by atoms with Gasteiger partial charge in [-0.05, 0) is 64.0 Å². The molecule has 4 aliphatic rings. The Morgan fingerprint density at radius 3 is 1.73 bits per heavy atom. The molecule has 0 amide bonds. The summed E-state index contributed by atoms with van der Waals surface area (Å²) in [4.78, 5) is 16.7. The first-order valence-electron chi connectivity index (χ1n) is 14.9. The van der Waals surface area contributed by atoms with E-state index in [0.29, 0.717) is 24.2 Å². The molecule has 2 aliphatic heterocycles. The van der Waals surface area contributed by atoms with E-state index in [1.165, 1.54) is 40.3 Å². The molecule has 200 valence electrons. The Labute approximate surface area is 234 Å². The number of imidazole rings is 2. The van der Waals surface area contributed by atoms with Crippen LogP contribution >= 0.6 is 0 Å². The minimum Gasteiger partial charge on any atom is -0.341 e. The van der Waals surface area contributed by atoms with Gasteiger partial charge in [0.2, 0.25) is 0 Å². The van der Waals surface area contributed by atoms with Gasteiger partial charge in [0.1, 0.15) is 11.6 Å². The largest absolute Gasteiger partial charge is 0.341 e. The Balaban J connectivity index is 0.988. The zero-order chi connectivity index (χ0) is 26.5. The van der Waals surface area contributed by atoms with E-state index in [4.69, 9.17) is 9.97 Å². The number of H-pyrrole nitrogens is 2. The third-order valence-corrected chi connectivity index (χ3v) is 10.5. The summed E-state index contributed by atoms with van der Waals surface area (Å²) in [6, 6.07) is 24.2.